The van der Waals surface area contributed by atoms with Gasteiger partial charge in [0.25, 0.3) is 5.88 Å². The summed E-state index contributed by atoms with van der Waals surface area (Å²) in [6, 6.07) is 4.66. The molecule has 7 nitrogen and oxygen atoms in total. The lowest BCUT2D eigenvalue weighted by molar-refractivity contribution is 0.182. The SMILES string of the molecule is CCc1ncnc(O[C@@H]2CCN(C(=O)Nc3cc(Cl)ccc3OC)C2)c1F. The predicted octanol–water partition coefficient (Wildman–Crippen LogP) is 3.53. The molecule has 0 unspecified atom stereocenters. The number of likely N-dealkylation sites (tertiary alicyclic amines) is 1. The average molecular weight is 395 g/mol. The van der Waals surface area contributed by atoms with Crippen LogP contribution in [0.5, 0.6) is 11.6 Å². The van der Waals surface area contributed by atoms with Crippen molar-refractivity contribution in [1.82, 2.24) is 14.9 Å². The summed E-state index contributed by atoms with van der Waals surface area (Å²) >= 11 is 5.98. The molecule has 1 aromatic carbocycles. The highest BCUT2D eigenvalue weighted by Gasteiger charge is 2.29. The quantitative estimate of drug-likeness (QED) is 0.839. The van der Waals surface area contributed by atoms with Gasteiger partial charge in [-0.2, -0.15) is 9.37 Å². The maximum absolute atomic E-state index is 14.2. The Morgan fingerprint density at radius 1 is 1.44 bits per heavy atom. The highest BCUT2D eigenvalue weighted by molar-refractivity contribution is 6.31. The number of urea groups is 1. The first-order valence-corrected chi connectivity index (χ1v) is 8.95. The van der Waals surface area contributed by atoms with Gasteiger partial charge in [-0.3, -0.25) is 0 Å². The van der Waals surface area contributed by atoms with E-state index in [-0.39, 0.29) is 18.0 Å². The largest absolute Gasteiger partial charge is 0.495 e. The van der Waals surface area contributed by atoms with Crippen molar-refractivity contribution in [3.8, 4) is 11.6 Å². The summed E-state index contributed by atoms with van der Waals surface area (Å²) in [6.45, 7) is 2.60. The van der Waals surface area contributed by atoms with Crippen LogP contribution in [0.2, 0.25) is 5.02 Å². The van der Waals surface area contributed by atoms with Crippen LogP contribution in [-0.2, 0) is 6.42 Å². The Balaban J connectivity index is 1.63. The number of hydrogen-bond donors (Lipinski definition) is 1. The zero-order chi connectivity index (χ0) is 19.4. The van der Waals surface area contributed by atoms with Crippen molar-refractivity contribution in [1.29, 1.82) is 0 Å². The second-order valence-corrected chi connectivity index (χ2v) is 6.48. The van der Waals surface area contributed by atoms with Crippen LogP contribution in [0.4, 0.5) is 14.9 Å². The van der Waals surface area contributed by atoms with Crippen molar-refractivity contribution in [2.24, 2.45) is 0 Å². The van der Waals surface area contributed by atoms with Gasteiger partial charge in [0.05, 0.1) is 25.0 Å². The van der Waals surface area contributed by atoms with E-state index < -0.39 is 5.82 Å². The van der Waals surface area contributed by atoms with Crippen LogP contribution >= 0.6 is 11.6 Å². The molecule has 0 saturated carbocycles. The number of halogens is 2. The number of benzene rings is 1. The molecule has 1 aromatic heterocycles. The standard InChI is InChI=1S/C18H20ClFN4O3/c1-3-13-16(20)17(22-10-21-13)27-12-6-7-24(9-12)18(25)23-14-8-11(19)4-5-15(14)26-2/h4-5,8,10,12H,3,6-7,9H2,1-2H3,(H,23,25)/t12-/m1/s1. The zero-order valence-electron chi connectivity index (χ0n) is 15.0. The van der Waals surface area contributed by atoms with Crippen LogP contribution in [0.3, 0.4) is 0 Å². The van der Waals surface area contributed by atoms with Crippen LogP contribution in [0.15, 0.2) is 24.5 Å². The van der Waals surface area contributed by atoms with Gasteiger partial charge in [0.1, 0.15) is 18.2 Å². The average Bonchev–Trinajstić information content (AvgIpc) is 3.12. The Hall–Kier alpha value is -2.61. The molecule has 2 heterocycles. The third kappa shape index (κ3) is 4.39. The number of hydrogen-bond acceptors (Lipinski definition) is 5. The Labute approximate surface area is 161 Å². The van der Waals surface area contributed by atoms with Crippen LogP contribution in [0, 0.1) is 5.82 Å². The number of nitrogens with one attached hydrogen (secondary N) is 1. The Morgan fingerprint density at radius 2 is 2.26 bits per heavy atom. The molecule has 1 aliphatic heterocycles. The van der Waals surface area contributed by atoms with Crippen molar-refractivity contribution < 1.29 is 18.7 Å². The fraction of sp³-hybridized carbons (Fsp3) is 0.389. The molecule has 1 N–H and O–H groups in total. The number of anilines is 1. The smallest absolute Gasteiger partial charge is 0.322 e. The highest BCUT2D eigenvalue weighted by atomic mass is 35.5. The molecule has 1 aliphatic rings. The van der Waals surface area contributed by atoms with E-state index >= 15 is 0 Å². The zero-order valence-corrected chi connectivity index (χ0v) is 15.8. The van der Waals surface area contributed by atoms with Gasteiger partial charge in [0.2, 0.25) is 5.82 Å². The Kier molecular flexibility index (Phi) is 5.95. The molecule has 27 heavy (non-hydrogen) atoms. The molecule has 3 rings (SSSR count). The number of methoxy groups -OCH3 is 1. The van der Waals surface area contributed by atoms with E-state index in [1.54, 1.807) is 30.0 Å². The molecule has 0 aliphatic carbocycles. The first-order valence-electron chi connectivity index (χ1n) is 8.57. The van der Waals surface area contributed by atoms with Gasteiger partial charge in [-0.05, 0) is 24.6 Å². The number of nitrogens with zero attached hydrogens (tertiary/aromatic N) is 3. The van der Waals surface area contributed by atoms with Gasteiger partial charge < -0.3 is 19.7 Å². The number of carbonyl (C=O) groups excluding carboxylic acids is 1. The molecular weight excluding hydrogens is 375 g/mol. The van der Waals surface area contributed by atoms with Gasteiger partial charge in [-0.15, -0.1) is 0 Å². The maximum Gasteiger partial charge on any atom is 0.322 e. The van der Waals surface area contributed by atoms with Gasteiger partial charge in [-0.25, -0.2) is 9.78 Å². The summed E-state index contributed by atoms with van der Waals surface area (Å²) in [5.74, 6) is -0.118. The molecule has 0 spiro atoms. The first kappa shape index (κ1) is 19.2. The molecule has 9 heteroatoms. The number of carbonyl (C=O) groups is 1. The number of amides is 2. The monoisotopic (exact) mass is 394 g/mol. The molecule has 2 amide bonds. The first-order chi connectivity index (χ1) is 13.0. The van der Waals surface area contributed by atoms with Crippen molar-refractivity contribution >= 4 is 23.3 Å². The minimum atomic E-state index is -0.549. The third-order valence-corrected chi connectivity index (χ3v) is 4.51. The van der Waals surface area contributed by atoms with E-state index in [9.17, 15) is 9.18 Å². The van der Waals surface area contributed by atoms with Crippen molar-refractivity contribution in [3.05, 3.63) is 41.1 Å². The van der Waals surface area contributed by atoms with Crippen molar-refractivity contribution in [3.63, 3.8) is 0 Å². The van der Waals surface area contributed by atoms with Crippen molar-refractivity contribution in [2.75, 3.05) is 25.5 Å². The highest BCUT2D eigenvalue weighted by Crippen LogP contribution is 2.28. The maximum atomic E-state index is 14.2. The fourth-order valence-electron chi connectivity index (χ4n) is 2.86. The lowest BCUT2D eigenvalue weighted by Gasteiger charge is -2.19. The summed E-state index contributed by atoms with van der Waals surface area (Å²) in [7, 11) is 1.51. The molecule has 1 saturated heterocycles. The summed E-state index contributed by atoms with van der Waals surface area (Å²) in [6.07, 6.45) is 1.96. The number of aromatic nitrogens is 2. The van der Waals surface area contributed by atoms with Gasteiger partial charge in [-0.1, -0.05) is 18.5 Å². The minimum Gasteiger partial charge on any atom is -0.495 e. The number of rotatable bonds is 5. The number of aryl methyl sites for hydroxylation is 1. The normalized spacial score (nSPS) is 16.3. The fourth-order valence-corrected chi connectivity index (χ4v) is 3.03. The predicted molar refractivity (Wildman–Crippen MR) is 99.0 cm³/mol. The van der Waals surface area contributed by atoms with E-state index in [4.69, 9.17) is 21.1 Å². The minimum absolute atomic E-state index is 0.0781. The summed E-state index contributed by atoms with van der Waals surface area (Å²) < 4.78 is 25.1. The molecule has 1 atom stereocenters. The summed E-state index contributed by atoms with van der Waals surface area (Å²) in [5.41, 5.74) is 0.787. The third-order valence-electron chi connectivity index (χ3n) is 4.28. The van der Waals surface area contributed by atoms with Crippen LogP contribution < -0.4 is 14.8 Å². The van der Waals surface area contributed by atoms with Gasteiger partial charge in [0, 0.05) is 18.0 Å². The van der Waals surface area contributed by atoms with Crippen LogP contribution in [-0.4, -0.2) is 47.2 Å². The molecule has 1 fully saturated rings. The van der Waals surface area contributed by atoms with Crippen LogP contribution in [0.25, 0.3) is 0 Å². The van der Waals surface area contributed by atoms with Gasteiger partial charge >= 0.3 is 6.03 Å². The molecule has 2 aromatic rings. The molecule has 0 bridgehead atoms. The lowest BCUT2D eigenvalue weighted by Crippen LogP contribution is -2.34. The van der Waals surface area contributed by atoms with E-state index in [0.717, 1.165) is 0 Å². The second-order valence-electron chi connectivity index (χ2n) is 6.04. The Morgan fingerprint density at radius 3 is 3.00 bits per heavy atom. The topological polar surface area (TPSA) is 76.6 Å². The summed E-state index contributed by atoms with van der Waals surface area (Å²) in [4.78, 5) is 21.9. The summed E-state index contributed by atoms with van der Waals surface area (Å²) in [5, 5.41) is 3.27. The lowest BCUT2D eigenvalue weighted by atomic mass is 10.3. The molecule has 144 valence electrons. The van der Waals surface area contributed by atoms with E-state index in [1.165, 1.54) is 13.4 Å². The molecular formula is C18H20ClFN4O3. The number of ether oxygens (including phenoxy) is 2. The Bertz CT molecular complexity index is 836. The van der Waals surface area contributed by atoms with Crippen molar-refractivity contribution in [2.45, 2.75) is 25.9 Å². The van der Waals surface area contributed by atoms with Crippen LogP contribution in [0.1, 0.15) is 19.0 Å². The second kappa shape index (κ2) is 8.39. The van der Waals surface area contributed by atoms with E-state index in [0.29, 0.717) is 48.1 Å². The van der Waals surface area contributed by atoms with Gasteiger partial charge in [0.15, 0.2) is 0 Å². The molecule has 0 radical (unpaired) electrons. The van der Waals surface area contributed by atoms with E-state index in [1.807, 2.05) is 0 Å². The van der Waals surface area contributed by atoms with E-state index in [2.05, 4.69) is 15.3 Å².